The molecule has 1 fully saturated rings. The largest absolute Gasteiger partial charge is 0.494 e. The summed E-state index contributed by atoms with van der Waals surface area (Å²) in [6, 6.07) is 20.0. The molecule has 1 aromatic heterocycles. The van der Waals surface area contributed by atoms with E-state index in [0.29, 0.717) is 17.5 Å². The second-order valence-electron chi connectivity index (χ2n) is 9.57. The van der Waals surface area contributed by atoms with E-state index >= 15 is 0 Å². The van der Waals surface area contributed by atoms with Crippen LogP contribution in [0.3, 0.4) is 0 Å². The molecule has 0 atom stereocenters. The number of allylic oxidation sites excluding steroid dienone is 6. The third-order valence-electron chi connectivity index (χ3n) is 6.59. The van der Waals surface area contributed by atoms with E-state index in [1.165, 1.54) is 0 Å². The van der Waals surface area contributed by atoms with Gasteiger partial charge in [-0.15, -0.1) is 0 Å². The first-order valence-electron chi connectivity index (χ1n) is 11.6. The average Bonchev–Trinajstić information content (AvgIpc) is 3.00. The van der Waals surface area contributed by atoms with Crippen LogP contribution in [0.25, 0.3) is 28.3 Å². The minimum absolute atomic E-state index is 0.402. The van der Waals surface area contributed by atoms with Crippen molar-refractivity contribution in [2.24, 2.45) is 0 Å². The fourth-order valence-electron chi connectivity index (χ4n) is 3.91. The van der Waals surface area contributed by atoms with Crippen LogP contribution in [-0.2, 0) is 9.31 Å². The molecule has 6 heteroatoms. The number of benzene rings is 2. The minimum Gasteiger partial charge on any atom is -0.399 e. The Morgan fingerprint density at radius 2 is 1.21 bits per heavy atom. The van der Waals surface area contributed by atoms with Crippen LogP contribution < -0.4 is 0 Å². The van der Waals surface area contributed by atoms with Crippen LogP contribution in [0.15, 0.2) is 90.4 Å². The Morgan fingerprint density at radius 3 is 1.74 bits per heavy atom. The minimum atomic E-state index is -0.441. The van der Waals surface area contributed by atoms with Gasteiger partial charge < -0.3 is 9.31 Å². The Kier molecular flexibility index (Phi) is 5.80. The van der Waals surface area contributed by atoms with Crippen molar-refractivity contribution in [2.45, 2.75) is 45.3 Å². The Labute approximate surface area is 201 Å². The van der Waals surface area contributed by atoms with E-state index in [9.17, 15) is 0 Å². The smallest absolute Gasteiger partial charge is 0.399 e. The highest BCUT2D eigenvalue weighted by molar-refractivity contribution is 6.56. The zero-order chi connectivity index (χ0) is 23.8. The highest BCUT2D eigenvalue weighted by atomic mass is 16.7. The summed E-state index contributed by atoms with van der Waals surface area (Å²) in [6.07, 6.45) is 9.17. The molecule has 0 saturated carbocycles. The van der Waals surface area contributed by atoms with Crippen LogP contribution in [-0.4, -0.2) is 33.3 Å². The quantitative estimate of drug-likeness (QED) is 0.450. The van der Waals surface area contributed by atoms with Crippen molar-refractivity contribution in [3.8, 4) is 22.8 Å². The van der Waals surface area contributed by atoms with E-state index < -0.39 is 18.3 Å². The summed E-state index contributed by atoms with van der Waals surface area (Å²) < 4.78 is 12.6. The summed E-state index contributed by atoms with van der Waals surface area (Å²) >= 11 is 0. The molecule has 5 nitrogen and oxygen atoms in total. The normalized spacial score (nSPS) is 18.9. The van der Waals surface area contributed by atoms with Gasteiger partial charge >= 0.3 is 7.12 Å². The second kappa shape index (κ2) is 8.78. The van der Waals surface area contributed by atoms with Crippen molar-refractivity contribution in [3.05, 3.63) is 96.3 Å². The number of hydrogen-bond acceptors (Lipinski definition) is 5. The van der Waals surface area contributed by atoms with Gasteiger partial charge in [-0.2, -0.15) is 0 Å². The fourth-order valence-corrected chi connectivity index (χ4v) is 3.91. The number of aromatic nitrogens is 3. The van der Waals surface area contributed by atoms with Crippen molar-refractivity contribution >= 4 is 12.7 Å². The summed E-state index contributed by atoms with van der Waals surface area (Å²) in [5, 5.41) is 0. The molecule has 1 aliphatic heterocycles. The maximum absolute atomic E-state index is 6.31. The van der Waals surface area contributed by atoms with Gasteiger partial charge in [-0.3, -0.25) is 0 Å². The second-order valence-corrected chi connectivity index (χ2v) is 9.57. The first-order valence-corrected chi connectivity index (χ1v) is 11.6. The van der Waals surface area contributed by atoms with Gasteiger partial charge in [-0.05, 0) is 39.6 Å². The molecule has 1 saturated heterocycles. The van der Waals surface area contributed by atoms with E-state index in [1.54, 1.807) is 0 Å². The summed E-state index contributed by atoms with van der Waals surface area (Å²) in [6.45, 7) is 8.27. The van der Waals surface area contributed by atoms with Gasteiger partial charge in [0.05, 0.1) is 11.2 Å². The summed E-state index contributed by atoms with van der Waals surface area (Å²) in [5.41, 5.74) is 2.96. The highest BCUT2D eigenvalue weighted by Crippen LogP contribution is 2.39. The first-order chi connectivity index (χ1) is 16.3. The number of nitrogens with zero attached hydrogens (tertiary/aromatic N) is 3. The molecule has 0 N–H and O–H groups in total. The third-order valence-corrected chi connectivity index (χ3v) is 6.59. The van der Waals surface area contributed by atoms with Crippen LogP contribution in [0.2, 0.25) is 0 Å². The molecule has 2 aliphatic rings. The standard InChI is InChI=1S/C28H28BN3O2/c1-27(2)28(3,4)34-29(33-27)23-18-12-11-17-22(19-23)26-31-24(20-13-7-5-8-14-20)30-25(32-26)21-15-9-6-10-16-21/h5-11,13-19H,12H2,1-4H3. The first kappa shape index (κ1) is 22.4. The van der Waals surface area contributed by atoms with E-state index in [4.69, 9.17) is 24.3 Å². The van der Waals surface area contributed by atoms with Gasteiger partial charge in [0.15, 0.2) is 17.5 Å². The summed E-state index contributed by atoms with van der Waals surface area (Å²) in [7, 11) is -0.441. The van der Waals surface area contributed by atoms with Crippen molar-refractivity contribution in [1.29, 1.82) is 0 Å². The molecule has 0 unspecified atom stereocenters. The van der Waals surface area contributed by atoms with E-state index in [1.807, 2.05) is 60.7 Å². The predicted molar refractivity (Wildman–Crippen MR) is 137 cm³/mol. The molecule has 3 aromatic rings. The molecule has 1 aliphatic carbocycles. The average molecular weight is 449 g/mol. The molecular formula is C28H28BN3O2. The molecule has 0 radical (unpaired) electrons. The molecular weight excluding hydrogens is 421 g/mol. The Hall–Kier alpha value is -3.35. The van der Waals surface area contributed by atoms with E-state index in [-0.39, 0.29) is 0 Å². The lowest BCUT2D eigenvalue weighted by atomic mass is 9.77. The van der Waals surface area contributed by atoms with E-state index in [0.717, 1.165) is 28.6 Å². The number of hydrogen-bond donors (Lipinski definition) is 0. The zero-order valence-electron chi connectivity index (χ0n) is 20.0. The maximum Gasteiger partial charge on any atom is 0.494 e. The monoisotopic (exact) mass is 449 g/mol. The summed E-state index contributed by atoms with van der Waals surface area (Å²) in [5.74, 6) is 1.90. The molecule has 0 amide bonds. The van der Waals surface area contributed by atoms with Gasteiger partial charge in [0.1, 0.15) is 0 Å². The zero-order valence-corrected chi connectivity index (χ0v) is 20.0. The highest BCUT2D eigenvalue weighted by Gasteiger charge is 2.52. The van der Waals surface area contributed by atoms with Gasteiger partial charge in [0.25, 0.3) is 0 Å². The SMILES string of the molecule is CC1(C)OB(C2=CCC=CC(c3nc(-c4ccccc4)nc(-c4ccccc4)n3)=C2)OC1(C)C. The lowest BCUT2D eigenvalue weighted by Gasteiger charge is -2.32. The lowest BCUT2D eigenvalue weighted by Crippen LogP contribution is -2.41. The predicted octanol–water partition coefficient (Wildman–Crippen LogP) is 6.11. The van der Waals surface area contributed by atoms with E-state index in [2.05, 4.69) is 52.0 Å². The Balaban J connectivity index is 1.59. The molecule has 5 rings (SSSR count). The molecule has 2 heterocycles. The van der Waals surface area contributed by atoms with Crippen LogP contribution in [0.5, 0.6) is 0 Å². The van der Waals surface area contributed by atoms with Gasteiger partial charge in [0.2, 0.25) is 0 Å². The lowest BCUT2D eigenvalue weighted by molar-refractivity contribution is 0.00578. The van der Waals surface area contributed by atoms with Gasteiger partial charge in [-0.25, -0.2) is 15.0 Å². The van der Waals surface area contributed by atoms with Gasteiger partial charge in [0, 0.05) is 16.7 Å². The van der Waals surface area contributed by atoms with Crippen LogP contribution in [0.4, 0.5) is 0 Å². The third kappa shape index (κ3) is 4.39. The molecule has 0 spiro atoms. The topological polar surface area (TPSA) is 57.1 Å². The van der Waals surface area contributed by atoms with Crippen molar-refractivity contribution in [2.75, 3.05) is 0 Å². The molecule has 2 aromatic carbocycles. The number of rotatable bonds is 4. The molecule has 34 heavy (non-hydrogen) atoms. The molecule has 0 bridgehead atoms. The Morgan fingerprint density at radius 1 is 0.706 bits per heavy atom. The Bertz CT molecular complexity index is 1210. The summed E-state index contributed by atoms with van der Waals surface area (Å²) in [4.78, 5) is 14.5. The van der Waals surface area contributed by atoms with Crippen LogP contribution in [0.1, 0.15) is 39.9 Å². The van der Waals surface area contributed by atoms with Crippen LogP contribution >= 0.6 is 0 Å². The van der Waals surface area contributed by atoms with Crippen LogP contribution in [0, 0.1) is 0 Å². The van der Waals surface area contributed by atoms with Crippen molar-refractivity contribution in [1.82, 2.24) is 15.0 Å². The van der Waals surface area contributed by atoms with Gasteiger partial charge in [-0.1, -0.05) is 85.0 Å². The fraction of sp³-hybridized carbons (Fsp3) is 0.250. The van der Waals surface area contributed by atoms with Crippen molar-refractivity contribution in [3.63, 3.8) is 0 Å². The molecule has 170 valence electrons. The van der Waals surface area contributed by atoms with Crippen molar-refractivity contribution < 1.29 is 9.31 Å². The maximum atomic E-state index is 6.31.